The van der Waals surface area contributed by atoms with Crippen LogP contribution in [0.15, 0.2) is 12.3 Å². The Morgan fingerprint density at radius 2 is 1.88 bits per heavy atom. The highest BCUT2D eigenvalue weighted by atomic mass is 31.2. The molecule has 1 aromatic rings. The van der Waals surface area contributed by atoms with E-state index in [1.165, 1.54) is 6.20 Å². The molecule has 0 saturated carbocycles. The molecule has 9 heteroatoms. The van der Waals surface area contributed by atoms with Crippen LogP contribution in [-0.4, -0.2) is 29.9 Å². The van der Waals surface area contributed by atoms with Crippen molar-refractivity contribution in [2.75, 3.05) is 13.2 Å². The van der Waals surface area contributed by atoms with Crippen LogP contribution in [0.1, 0.15) is 40.2 Å². The Kier molecular flexibility index (Phi) is 7.32. The number of hydrogen-bond donors (Lipinski definition) is 1. The van der Waals surface area contributed by atoms with Crippen molar-refractivity contribution in [1.29, 1.82) is 0 Å². The average Bonchev–Trinajstić information content (AvgIpc) is 2.43. The van der Waals surface area contributed by atoms with Crippen LogP contribution in [0.5, 0.6) is 0 Å². The number of pyridine rings is 1. The summed E-state index contributed by atoms with van der Waals surface area (Å²) in [7, 11) is -3.79. The molecule has 1 rings (SSSR count). The fourth-order valence-electron chi connectivity index (χ4n) is 1.76. The predicted molar refractivity (Wildman–Crippen MR) is 87.8 cm³/mol. The molecule has 0 radical (unpaired) electrons. The van der Waals surface area contributed by atoms with E-state index in [0.29, 0.717) is 5.56 Å². The summed E-state index contributed by atoms with van der Waals surface area (Å²) in [6, 6.07) is 1.13. The first kappa shape index (κ1) is 20.5. The van der Waals surface area contributed by atoms with E-state index in [0.717, 1.165) is 6.07 Å². The Morgan fingerprint density at radius 3 is 2.33 bits per heavy atom. The highest BCUT2D eigenvalue weighted by Crippen LogP contribution is 2.46. The monoisotopic (exact) mass is 362 g/mol. The Morgan fingerprint density at radius 1 is 1.29 bits per heavy atom. The van der Waals surface area contributed by atoms with E-state index in [9.17, 15) is 13.8 Å². The molecule has 24 heavy (non-hydrogen) atoms. The minimum absolute atomic E-state index is 0.0205. The van der Waals surface area contributed by atoms with E-state index in [4.69, 9.17) is 13.8 Å². The number of carbonyl (C=O) groups excluding carboxylic acids is 1. The normalized spacial score (nSPS) is 12.1. The topological polar surface area (TPSA) is 86.8 Å². The zero-order valence-electron chi connectivity index (χ0n) is 14.6. The van der Waals surface area contributed by atoms with Gasteiger partial charge in [-0.2, -0.15) is 0 Å². The van der Waals surface area contributed by atoms with Gasteiger partial charge in [0.15, 0.2) is 11.3 Å². The SMILES string of the molecule is CCOP(=O)(OCC)c1ncc(CNC(=O)OC(C)(C)C)cc1F. The summed E-state index contributed by atoms with van der Waals surface area (Å²) >= 11 is 0. The maximum atomic E-state index is 14.2. The van der Waals surface area contributed by atoms with Crippen molar-refractivity contribution in [3.8, 4) is 0 Å². The minimum atomic E-state index is -3.79. The van der Waals surface area contributed by atoms with Gasteiger partial charge in [0.25, 0.3) is 0 Å². The highest BCUT2D eigenvalue weighted by Gasteiger charge is 2.32. The third kappa shape index (κ3) is 6.19. The number of carbonyl (C=O) groups is 1. The molecule has 1 amide bonds. The van der Waals surface area contributed by atoms with Crippen molar-refractivity contribution >= 4 is 19.1 Å². The van der Waals surface area contributed by atoms with Gasteiger partial charge in [-0.3, -0.25) is 4.57 Å². The lowest BCUT2D eigenvalue weighted by molar-refractivity contribution is 0.0523. The average molecular weight is 362 g/mol. The smallest absolute Gasteiger partial charge is 0.407 e. The summed E-state index contributed by atoms with van der Waals surface area (Å²) in [5, 5.41) is 2.49. The molecular weight excluding hydrogens is 338 g/mol. The van der Waals surface area contributed by atoms with Crippen LogP contribution < -0.4 is 10.8 Å². The molecule has 7 nitrogen and oxygen atoms in total. The molecule has 0 unspecified atom stereocenters. The van der Waals surface area contributed by atoms with E-state index in [1.807, 2.05) is 0 Å². The van der Waals surface area contributed by atoms with E-state index in [1.54, 1.807) is 34.6 Å². The summed E-state index contributed by atoms with van der Waals surface area (Å²) in [5.41, 5.74) is -0.604. The van der Waals surface area contributed by atoms with Gasteiger partial charge in [-0.05, 0) is 46.2 Å². The molecule has 1 N–H and O–H groups in total. The summed E-state index contributed by atoms with van der Waals surface area (Å²) in [6.45, 7) is 8.68. The number of halogens is 1. The van der Waals surface area contributed by atoms with Crippen molar-refractivity contribution in [3.05, 3.63) is 23.6 Å². The zero-order valence-corrected chi connectivity index (χ0v) is 15.5. The van der Waals surface area contributed by atoms with Crippen LogP contribution in [0.3, 0.4) is 0 Å². The van der Waals surface area contributed by atoms with Gasteiger partial charge in [0, 0.05) is 12.7 Å². The number of aromatic nitrogens is 1. The van der Waals surface area contributed by atoms with Crippen molar-refractivity contribution in [2.24, 2.45) is 0 Å². The molecule has 0 atom stereocenters. The molecule has 1 aromatic heterocycles. The first-order valence-corrected chi connectivity index (χ1v) is 9.16. The Balaban J connectivity index is 2.84. The lowest BCUT2D eigenvalue weighted by atomic mass is 10.2. The first-order chi connectivity index (χ1) is 11.1. The van der Waals surface area contributed by atoms with Crippen LogP contribution in [-0.2, 0) is 24.9 Å². The van der Waals surface area contributed by atoms with Crippen molar-refractivity contribution in [3.63, 3.8) is 0 Å². The molecule has 0 aliphatic rings. The minimum Gasteiger partial charge on any atom is -0.444 e. The summed E-state index contributed by atoms with van der Waals surface area (Å²) in [4.78, 5) is 15.4. The van der Waals surface area contributed by atoms with Crippen LogP contribution in [0.4, 0.5) is 9.18 Å². The number of rotatable bonds is 7. The number of amides is 1. The van der Waals surface area contributed by atoms with Gasteiger partial charge in [0.1, 0.15) is 5.60 Å². The Bertz CT molecular complexity index is 608. The summed E-state index contributed by atoms with van der Waals surface area (Å²) in [5.74, 6) is -0.816. The van der Waals surface area contributed by atoms with Gasteiger partial charge < -0.3 is 19.1 Å². The lowest BCUT2D eigenvalue weighted by Gasteiger charge is -2.20. The third-order valence-corrected chi connectivity index (χ3v) is 4.62. The van der Waals surface area contributed by atoms with Gasteiger partial charge in [0.05, 0.1) is 13.2 Å². The maximum Gasteiger partial charge on any atom is 0.407 e. The highest BCUT2D eigenvalue weighted by molar-refractivity contribution is 7.61. The van der Waals surface area contributed by atoms with Crippen molar-refractivity contribution in [2.45, 2.75) is 46.8 Å². The third-order valence-electron chi connectivity index (χ3n) is 2.57. The van der Waals surface area contributed by atoms with Crippen LogP contribution in [0, 0.1) is 5.82 Å². The lowest BCUT2D eigenvalue weighted by Crippen LogP contribution is -2.32. The molecule has 0 aliphatic heterocycles. The second-order valence-electron chi connectivity index (χ2n) is 5.84. The maximum absolute atomic E-state index is 14.2. The fraction of sp³-hybridized carbons (Fsp3) is 0.600. The number of ether oxygens (including phenoxy) is 1. The van der Waals surface area contributed by atoms with E-state index in [-0.39, 0.29) is 25.2 Å². The van der Waals surface area contributed by atoms with E-state index < -0.39 is 25.1 Å². The Hall–Kier alpha value is -1.50. The number of nitrogens with one attached hydrogen (secondary N) is 1. The van der Waals surface area contributed by atoms with Crippen LogP contribution >= 0.6 is 7.60 Å². The van der Waals surface area contributed by atoms with Gasteiger partial charge in [-0.1, -0.05) is 0 Å². The number of nitrogens with zero attached hydrogens (tertiary/aromatic N) is 1. The first-order valence-electron chi connectivity index (χ1n) is 7.62. The zero-order chi connectivity index (χ0) is 18.4. The standard InChI is InChI=1S/C15H24FN2O5P/c1-6-21-24(20,22-7-2)13-12(16)8-11(9-17-13)10-18-14(19)23-15(3,4)5/h8-9H,6-7,10H2,1-5H3,(H,18,19). The summed E-state index contributed by atoms with van der Waals surface area (Å²) < 4.78 is 42.0. The second kappa shape index (κ2) is 8.55. The van der Waals surface area contributed by atoms with Crippen LogP contribution in [0.2, 0.25) is 0 Å². The molecule has 0 spiro atoms. The molecule has 0 saturated heterocycles. The predicted octanol–water partition coefficient (Wildman–Crippen LogP) is 3.14. The molecule has 0 aliphatic carbocycles. The molecule has 0 bridgehead atoms. The summed E-state index contributed by atoms with van der Waals surface area (Å²) in [6.07, 6.45) is 0.682. The second-order valence-corrected chi connectivity index (χ2v) is 7.77. The molecule has 136 valence electrons. The van der Waals surface area contributed by atoms with Gasteiger partial charge in [-0.25, -0.2) is 14.2 Å². The quantitative estimate of drug-likeness (QED) is 0.750. The van der Waals surface area contributed by atoms with Crippen molar-refractivity contribution in [1.82, 2.24) is 10.3 Å². The number of alkyl carbamates (subject to hydrolysis) is 1. The molecule has 1 heterocycles. The Labute approximate surface area is 141 Å². The molecular formula is C15H24FN2O5P. The number of hydrogen-bond acceptors (Lipinski definition) is 6. The molecule has 0 aromatic carbocycles. The van der Waals surface area contributed by atoms with Gasteiger partial charge >= 0.3 is 13.7 Å². The van der Waals surface area contributed by atoms with Gasteiger partial charge in [0.2, 0.25) is 0 Å². The fourth-order valence-corrected chi connectivity index (χ4v) is 3.28. The van der Waals surface area contributed by atoms with Crippen LogP contribution in [0.25, 0.3) is 0 Å². The molecule has 0 fully saturated rings. The van der Waals surface area contributed by atoms with E-state index >= 15 is 0 Å². The van der Waals surface area contributed by atoms with E-state index in [2.05, 4.69) is 10.3 Å². The van der Waals surface area contributed by atoms with Crippen molar-refractivity contribution < 1.29 is 27.5 Å². The largest absolute Gasteiger partial charge is 0.444 e. The van der Waals surface area contributed by atoms with Gasteiger partial charge in [-0.15, -0.1) is 0 Å².